The molecule has 3 aromatic rings. The average Bonchev–Trinajstić information content (AvgIpc) is 2.95. The Kier molecular flexibility index (Phi) is 5.49. The minimum Gasteiger partial charge on any atom is -0.435 e. The summed E-state index contributed by atoms with van der Waals surface area (Å²) in [6.07, 6.45) is 0. The van der Waals surface area contributed by atoms with Gasteiger partial charge in [-0.05, 0) is 43.7 Å². The minimum atomic E-state index is -2.86. The highest BCUT2D eigenvalue weighted by Crippen LogP contribution is 2.18. The zero-order valence-corrected chi connectivity index (χ0v) is 14.9. The monoisotopic (exact) mass is 371 g/mol. The SMILES string of the molecule is Cc1nn(-c2ccccc2)c(C)c1C(=O)NCc1ccc(OC(F)F)cc1. The van der Waals surface area contributed by atoms with Crippen molar-refractivity contribution in [2.75, 3.05) is 0 Å². The van der Waals surface area contributed by atoms with Crippen LogP contribution in [-0.2, 0) is 6.54 Å². The normalized spacial score (nSPS) is 10.9. The van der Waals surface area contributed by atoms with Crippen molar-refractivity contribution in [3.8, 4) is 11.4 Å². The molecule has 0 aliphatic rings. The van der Waals surface area contributed by atoms with Crippen LogP contribution in [0.1, 0.15) is 27.3 Å². The molecule has 1 aromatic heterocycles. The Balaban J connectivity index is 1.71. The number of benzene rings is 2. The van der Waals surface area contributed by atoms with Crippen LogP contribution >= 0.6 is 0 Å². The number of nitrogens with one attached hydrogen (secondary N) is 1. The number of para-hydroxylation sites is 1. The Morgan fingerprint density at radius 3 is 2.41 bits per heavy atom. The van der Waals surface area contributed by atoms with Crippen LogP contribution in [-0.4, -0.2) is 22.3 Å². The number of nitrogens with zero attached hydrogens (tertiary/aromatic N) is 2. The van der Waals surface area contributed by atoms with Gasteiger partial charge in [0.25, 0.3) is 5.91 Å². The Bertz CT molecular complexity index is 922. The molecule has 0 saturated heterocycles. The van der Waals surface area contributed by atoms with Crippen LogP contribution in [0.15, 0.2) is 54.6 Å². The van der Waals surface area contributed by atoms with Crippen molar-refractivity contribution in [3.05, 3.63) is 77.1 Å². The Hall–Kier alpha value is -3.22. The summed E-state index contributed by atoms with van der Waals surface area (Å²) < 4.78 is 30.4. The Morgan fingerprint density at radius 2 is 1.78 bits per heavy atom. The van der Waals surface area contributed by atoms with E-state index in [1.807, 2.05) is 37.3 Å². The van der Waals surface area contributed by atoms with E-state index in [4.69, 9.17) is 0 Å². The molecule has 0 spiro atoms. The molecule has 1 amide bonds. The lowest BCUT2D eigenvalue weighted by atomic mass is 10.1. The summed E-state index contributed by atoms with van der Waals surface area (Å²) in [5, 5.41) is 7.30. The van der Waals surface area contributed by atoms with Gasteiger partial charge < -0.3 is 10.1 Å². The van der Waals surface area contributed by atoms with Gasteiger partial charge in [-0.15, -0.1) is 0 Å². The van der Waals surface area contributed by atoms with Gasteiger partial charge in [0.1, 0.15) is 5.75 Å². The maximum absolute atomic E-state index is 12.6. The third kappa shape index (κ3) is 4.31. The summed E-state index contributed by atoms with van der Waals surface area (Å²) >= 11 is 0. The van der Waals surface area contributed by atoms with Crippen molar-refractivity contribution < 1.29 is 18.3 Å². The van der Waals surface area contributed by atoms with Crippen molar-refractivity contribution >= 4 is 5.91 Å². The first-order valence-corrected chi connectivity index (χ1v) is 8.39. The van der Waals surface area contributed by atoms with E-state index >= 15 is 0 Å². The minimum absolute atomic E-state index is 0.0795. The van der Waals surface area contributed by atoms with E-state index in [2.05, 4.69) is 15.2 Å². The molecule has 0 bridgehead atoms. The molecule has 0 unspecified atom stereocenters. The van der Waals surface area contributed by atoms with Crippen LogP contribution in [0.4, 0.5) is 8.78 Å². The van der Waals surface area contributed by atoms with Gasteiger partial charge in [-0.3, -0.25) is 4.79 Å². The summed E-state index contributed by atoms with van der Waals surface area (Å²) in [5.41, 5.74) is 3.56. The van der Waals surface area contributed by atoms with E-state index in [0.717, 1.165) is 16.9 Å². The first-order chi connectivity index (χ1) is 13.0. The van der Waals surface area contributed by atoms with Gasteiger partial charge in [-0.25, -0.2) is 4.68 Å². The van der Waals surface area contributed by atoms with Crippen molar-refractivity contribution in [3.63, 3.8) is 0 Å². The fourth-order valence-corrected chi connectivity index (χ4v) is 2.85. The van der Waals surface area contributed by atoms with E-state index in [1.165, 1.54) is 12.1 Å². The highest BCUT2D eigenvalue weighted by molar-refractivity contribution is 5.96. The second kappa shape index (κ2) is 7.99. The fraction of sp³-hybridized carbons (Fsp3) is 0.200. The number of carbonyl (C=O) groups excluding carboxylic acids is 1. The van der Waals surface area contributed by atoms with E-state index in [0.29, 0.717) is 11.3 Å². The molecule has 7 heteroatoms. The first-order valence-electron chi connectivity index (χ1n) is 8.39. The lowest BCUT2D eigenvalue weighted by Crippen LogP contribution is -2.24. The topological polar surface area (TPSA) is 56.2 Å². The standard InChI is InChI=1S/C20H19F2N3O2/c1-13-18(14(2)25(24-13)16-6-4-3-5-7-16)19(26)23-12-15-8-10-17(11-9-15)27-20(21)22/h3-11,20H,12H2,1-2H3,(H,23,26). The molecule has 27 heavy (non-hydrogen) atoms. The molecule has 5 nitrogen and oxygen atoms in total. The predicted molar refractivity (Wildman–Crippen MR) is 97.3 cm³/mol. The van der Waals surface area contributed by atoms with Crippen LogP contribution in [0.5, 0.6) is 5.75 Å². The largest absolute Gasteiger partial charge is 0.435 e. The average molecular weight is 371 g/mol. The van der Waals surface area contributed by atoms with Crippen molar-refractivity contribution in [2.45, 2.75) is 27.0 Å². The maximum Gasteiger partial charge on any atom is 0.387 e. The van der Waals surface area contributed by atoms with Gasteiger partial charge >= 0.3 is 6.61 Å². The molecule has 0 saturated carbocycles. The van der Waals surface area contributed by atoms with E-state index in [1.54, 1.807) is 23.7 Å². The number of rotatable bonds is 6. The quantitative estimate of drug-likeness (QED) is 0.712. The van der Waals surface area contributed by atoms with Crippen LogP contribution in [0, 0.1) is 13.8 Å². The lowest BCUT2D eigenvalue weighted by molar-refractivity contribution is -0.0498. The molecule has 2 aromatic carbocycles. The molecule has 140 valence electrons. The number of hydrogen-bond acceptors (Lipinski definition) is 3. The lowest BCUT2D eigenvalue weighted by Gasteiger charge is -2.08. The molecule has 0 aliphatic heterocycles. The molecule has 3 rings (SSSR count). The van der Waals surface area contributed by atoms with Crippen LogP contribution in [0.3, 0.4) is 0 Å². The highest BCUT2D eigenvalue weighted by atomic mass is 19.3. The summed E-state index contributed by atoms with van der Waals surface area (Å²) in [4.78, 5) is 12.6. The number of amides is 1. The molecule has 0 atom stereocenters. The smallest absolute Gasteiger partial charge is 0.387 e. The Morgan fingerprint density at radius 1 is 1.11 bits per heavy atom. The number of carbonyl (C=O) groups is 1. The molecule has 1 heterocycles. The van der Waals surface area contributed by atoms with E-state index in [-0.39, 0.29) is 18.2 Å². The molecule has 1 N–H and O–H groups in total. The van der Waals surface area contributed by atoms with Crippen LogP contribution in [0.2, 0.25) is 0 Å². The summed E-state index contributed by atoms with van der Waals surface area (Å²) in [6.45, 7) is 1.04. The molecular weight excluding hydrogens is 352 g/mol. The highest BCUT2D eigenvalue weighted by Gasteiger charge is 2.19. The molecule has 0 aliphatic carbocycles. The zero-order chi connectivity index (χ0) is 19.4. The number of halogens is 2. The number of aryl methyl sites for hydroxylation is 1. The third-order valence-corrected chi connectivity index (χ3v) is 4.12. The van der Waals surface area contributed by atoms with Gasteiger partial charge in [0.2, 0.25) is 0 Å². The van der Waals surface area contributed by atoms with Crippen LogP contribution in [0.25, 0.3) is 5.69 Å². The number of hydrogen-bond donors (Lipinski definition) is 1. The number of ether oxygens (including phenoxy) is 1. The van der Waals surface area contributed by atoms with E-state index in [9.17, 15) is 13.6 Å². The fourth-order valence-electron chi connectivity index (χ4n) is 2.85. The van der Waals surface area contributed by atoms with E-state index < -0.39 is 6.61 Å². The third-order valence-electron chi connectivity index (χ3n) is 4.12. The van der Waals surface area contributed by atoms with Crippen molar-refractivity contribution in [1.82, 2.24) is 15.1 Å². The molecular formula is C20H19F2N3O2. The predicted octanol–water partition coefficient (Wildman–Crippen LogP) is 4.02. The van der Waals surface area contributed by atoms with Gasteiger partial charge in [0.05, 0.1) is 22.6 Å². The zero-order valence-electron chi connectivity index (χ0n) is 14.9. The maximum atomic E-state index is 12.6. The first kappa shape index (κ1) is 18.6. The second-order valence-electron chi connectivity index (χ2n) is 6.00. The number of aromatic nitrogens is 2. The molecule has 0 fully saturated rings. The van der Waals surface area contributed by atoms with Gasteiger partial charge in [-0.1, -0.05) is 30.3 Å². The van der Waals surface area contributed by atoms with Crippen molar-refractivity contribution in [1.29, 1.82) is 0 Å². The summed E-state index contributed by atoms with van der Waals surface area (Å²) in [7, 11) is 0. The van der Waals surface area contributed by atoms with Gasteiger partial charge in [0.15, 0.2) is 0 Å². The second-order valence-corrected chi connectivity index (χ2v) is 6.00. The summed E-state index contributed by atoms with van der Waals surface area (Å²) in [6, 6.07) is 15.7. The van der Waals surface area contributed by atoms with Gasteiger partial charge in [0, 0.05) is 6.54 Å². The van der Waals surface area contributed by atoms with Crippen LogP contribution < -0.4 is 10.1 Å². The Labute approximate surface area is 155 Å². The number of alkyl halides is 2. The molecule has 0 radical (unpaired) electrons. The van der Waals surface area contributed by atoms with Gasteiger partial charge in [-0.2, -0.15) is 13.9 Å². The summed E-state index contributed by atoms with van der Waals surface area (Å²) in [5.74, 6) is -0.156. The van der Waals surface area contributed by atoms with Crippen molar-refractivity contribution in [2.24, 2.45) is 0 Å².